The van der Waals surface area contributed by atoms with Crippen LogP contribution < -0.4 is 10.1 Å². The second-order valence-corrected chi connectivity index (χ2v) is 6.32. The Balaban J connectivity index is 1.63. The van der Waals surface area contributed by atoms with E-state index in [0.717, 1.165) is 5.56 Å². The van der Waals surface area contributed by atoms with Crippen LogP contribution in [0.15, 0.2) is 54.6 Å². The van der Waals surface area contributed by atoms with Crippen LogP contribution in [-0.2, 0) is 16.1 Å². The van der Waals surface area contributed by atoms with Crippen LogP contribution in [0.1, 0.15) is 12.0 Å². The maximum Gasteiger partial charge on any atom is 0.410 e. The summed E-state index contributed by atoms with van der Waals surface area (Å²) in [6.45, 7) is 0.167. The molecular weight excluding hydrogens is 348 g/mol. The van der Waals surface area contributed by atoms with Crippen molar-refractivity contribution in [2.75, 3.05) is 19.0 Å². The minimum Gasteiger partial charge on any atom is -0.497 e. The Hall–Kier alpha value is -3.06. The third kappa shape index (κ3) is 4.77. The number of aliphatic hydroxyl groups is 1. The second kappa shape index (κ2) is 8.55. The molecule has 1 fully saturated rings. The zero-order chi connectivity index (χ0) is 19.2. The van der Waals surface area contributed by atoms with Gasteiger partial charge in [-0.1, -0.05) is 36.4 Å². The number of rotatable bonds is 5. The molecule has 3 rings (SSSR count). The van der Waals surface area contributed by atoms with Crippen molar-refractivity contribution < 1.29 is 24.2 Å². The van der Waals surface area contributed by atoms with Crippen LogP contribution in [0.3, 0.4) is 0 Å². The molecule has 142 valence electrons. The molecule has 1 saturated heterocycles. The van der Waals surface area contributed by atoms with Crippen molar-refractivity contribution >= 4 is 17.7 Å². The number of β-amino-alcohol motifs (C(OH)–C–C–N with tert-alkyl or cyclic N) is 1. The Labute approximate surface area is 157 Å². The number of methoxy groups -OCH3 is 1. The van der Waals surface area contributed by atoms with Gasteiger partial charge in [0.05, 0.1) is 19.8 Å². The standard InChI is InChI=1S/C20H22N2O5/c1-26-17-9-5-8-15(10-17)21-19(24)18-11-16(23)12-22(18)20(25)27-13-14-6-3-2-4-7-14/h2-10,16,18,23H,11-13H2,1H3,(H,21,24). The van der Waals surface area contributed by atoms with Crippen molar-refractivity contribution in [3.05, 3.63) is 60.2 Å². The van der Waals surface area contributed by atoms with E-state index < -0.39 is 18.2 Å². The quantitative estimate of drug-likeness (QED) is 0.844. The number of carbonyl (C=O) groups excluding carboxylic acids is 2. The third-order valence-electron chi connectivity index (χ3n) is 4.36. The Kier molecular flexibility index (Phi) is 5.93. The van der Waals surface area contributed by atoms with Gasteiger partial charge in [0.2, 0.25) is 5.91 Å². The van der Waals surface area contributed by atoms with Gasteiger partial charge in [0.1, 0.15) is 18.4 Å². The lowest BCUT2D eigenvalue weighted by Gasteiger charge is -2.23. The second-order valence-electron chi connectivity index (χ2n) is 6.32. The number of likely N-dealkylation sites (tertiary alicyclic amines) is 1. The molecule has 2 N–H and O–H groups in total. The summed E-state index contributed by atoms with van der Waals surface area (Å²) in [5, 5.41) is 12.7. The lowest BCUT2D eigenvalue weighted by atomic mass is 10.2. The van der Waals surface area contributed by atoms with Gasteiger partial charge in [-0.15, -0.1) is 0 Å². The maximum atomic E-state index is 12.6. The number of nitrogens with zero attached hydrogens (tertiary/aromatic N) is 1. The molecule has 0 aliphatic carbocycles. The SMILES string of the molecule is COc1cccc(NC(=O)C2CC(O)CN2C(=O)OCc2ccccc2)c1. The summed E-state index contributed by atoms with van der Waals surface area (Å²) in [5.74, 6) is 0.231. The Bertz CT molecular complexity index is 796. The first-order chi connectivity index (χ1) is 13.1. The molecule has 2 aromatic rings. The van der Waals surface area contributed by atoms with E-state index in [-0.39, 0.29) is 25.5 Å². The Morgan fingerprint density at radius 1 is 1.19 bits per heavy atom. The van der Waals surface area contributed by atoms with E-state index >= 15 is 0 Å². The number of nitrogens with one attached hydrogen (secondary N) is 1. The van der Waals surface area contributed by atoms with Gasteiger partial charge < -0.3 is 19.9 Å². The van der Waals surface area contributed by atoms with Crippen molar-refractivity contribution in [2.24, 2.45) is 0 Å². The van der Waals surface area contributed by atoms with Crippen molar-refractivity contribution in [1.82, 2.24) is 4.90 Å². The third-order valence-corrected chi connectivity index (χ3v) is 4.36. The normalized spacial score (nSPS) is 18.8. The Morgan fingerprint density at radius 2 is 1.96 bits per heavy atom. The number of anilines is 1. The van der Waals surface area contributed by atoms with Crippen LogP contribution in [-0.4, -0.2) is 47.8 Å². The Morgan fingerprint density at radius 3 is 2.70 bits per heavy atom. The highest BCUT2D eigenvalue weighted by Gasteiger charge is 2.39. The van der Waals surface area contributed by atoms with Crippen molar-refractivity contribution in [2.45, 2.75) is 25.2 Å². The predicted molar refractivity (Wildman–Crippen MR) is 99.4 cm³/mol. The van der Waals surface area contributed by atoms with Gasteiger partial charge in [-0.2, -0.15) is 0 Å². The van der Waals surface area contributed by atoms with Crippen LogP contribution >= 0.6 is 0 Å². The maximum absolute atomic E-state index is 12.6. The van der Waals surface area contributed by atoms with Gasteiger partial charge in [0.15, 0.2) is 0 Å². The van der Waals surface area contributed by atoms with Crippen molar-refractivity contribution in [3.8, 4) is 5.75 Å². The molecule has 7 heteroatoms. The average Bonchev–Trinajstić information content (AvgIpc) is 3.09. The van der Waals surface area contributed by atoms with E-state index in [1.165, 1.54) is 4.90 Å². The molecule has 1 aliphatic heterocycles. The number of hydrogen-bond acceptors (Lipinski definition) is 5. The molecule has 2 aromatic carbocycles. The van der Waals surface area contributed by atoms with Gasteiger partial charge in [0, 0.05) is 18.2 Å². The molecule has 0 radical (unpaired) electrons. The zero-order valence-electron chi connectivity index (χ0n) is 15.0. The molecular formula is C20H22N2O5. The van der Waals surface area contributed by atoms with Crippen LogP contribution in [0.2, 0.25) is 0 Å². The number of amides is 2. The summed E-state index contributed by atoms with van der Waals surface area (Å²) < 4.78 is 10.4. The minimum absolute atomic E-state index is 0.0593. The van der Waals surface area contributed by atoms with E-state index in [1.54, 1.807) is 31.4 Å². The van der Waals surface area contributed by atoms with Gasteiger partial charge in [-0.25, -0.2) is 4.79 Å². The fourth-order valence-electron chi connectivity index (χ4n) is 2.99. The first-order valence-corrected chi connectivity index (χ1v) is 8.67. The molecule has 1 aliphatic rings. The molecule has 0 bridgehead atoms. The summed E-state index contributed by atoms with van der Waals surface area (Å²) in [6, 6.07) is 15.4. The van der Waals surface area contributed by atoms with Gasteiger partial charge >= 0.3 is 6.09 Å². The number of ether oxygens (including phenoxy) is 2. The van der Waals surface area contributed by atoms with Gasteiger partial charge in [-0.3, -0.25) is 9.69 Å². The van der Waals surface area contributed by atoms with Crippen LogP contribution in [0.25, 0.3) is 0 Å². The molecule has 27 heavy (non-hydrogen) atoms. The van der Waals surface area contributed by atoms with E-state index in [9.17, 15) is 14.7 Å². The largest absolute Gasteiger partial charge is 0.497 e. The fourth-order valence-corrected chi connectivity index (χ4v) is 2.99. The van der Waals surface area contributed by atoms with Gasteiger partial charge in [0.25, 0.3) is 0 Å². The molecule has 2 amide bonds. The monoisotopic (exact) mass is 370 g/mol. The summed E-state index contributed by atoms with van der Waals surface area (Å²) in [4.78, 5) is 26.3. The highest BCUT2D eigenvalue weighted by Crippen LogP contribution is 2.23. The summed E-state index contributed by atoms with van der Waals surface area (Å²) in [7, 11) is 1.54. The molecule has 2 unspecified atom stereocenters. The highest BCUT2D eigenvalue weighted by atomic mass is 16.6. The lowest BCUT2D eigenvalue weighted by Crippen LogP contribution is -2.43. The van der Waals surface area contributed by atoms with E-state index in [1.807, 2.05) is 30.3 Å². The topological polar surface area (TPSA) is 88.1 Å². The smallest absolute Gasteiger partial charge is 0.410 e. The van der Waals surface area contributed by atoms with Crippen LogP contribution in [0.4, 0.5) is 10.5 Å². The van der Waals surface area contributed by atoms with Crippen LogP contribution in [0.5, 0.6) is 5.75 Å². The van der Waals surface area contributed by atoms with Crippen LogP contribution in [0, 0.1) is 0 Å². The molecule has 7 nitrogen and oxygen atoms in total. The molecule has 0 aromatic heterocycles. The number of benzene rings is 2. The molecule has 2 atom stereocenters. The van der Waals surface area contributed by atoms with Gasteiger partial charge in [-0.05, 0) is 17.7 Å². The van der Waals surface area contributed by atoms with E-state index in [2.05, 4.69) is 5.32 Å². The summed E-state index contributed by atoms with van der Waals surface area (Å²) in [6.07, 6.45) is -1.23. The van der Waals surface area contributed by atoms with E-state index in [0.29, 0.717) is 11.4 Å². The number of hydrogen-bond donors (Lipinski definition) is 2. The lowest BCUT2D eigenvalue weighted by molar-refractivity contribution is -0.120. The minimum atomic E-state index is -0.797. The van der Waals surface area contributed by atoms with Crippen molar-refractivity contribution in [3.63, 3.8) is 0 Å². The molecule has 0 spiro atoms. The summed E-state index contributed by atoms with van der Waals surface area (Å²) in [5.41, 5.74) is 1.40. The highest BCUT2D eigenvalue weighted by molar-refractivity contribution is 5.97. The molecule has 1 heterocycles. The average molecular weight is 370 g/mol. The number of carbonyl (C=O) groups is 2. The predicted octanol–water partition coefficient (Wildman–Crippen LogP) is 2.41. The zero-order valence-corrected chi connectivity index (χ0v) is 15.0. The first kappa shape index (κ1) is 18.7. The van der Waals surface area contributed by atoms with E-state index in [4.69, 9.17) is 9.47 Å². The number of aliphatic hydroxyl groups excluding tert-OH is 1. The van der Waals surface area contributed by atoms with Crippen molar-refractivity contribution in [1.29, 1.82) is 0 Å². The first-order valence-electron chi connectivity index (χ1n) is 8.67. The fraction of sp³-hybridized carbons (Fsp3) is 0.300. The molecule has 0 saturated carbocycles. The summed E-state index contributed by atoms with van der Waals surface area (Å²) >= 11 is 0.